The van der Waals surface area contributed by atoms with Gasteiger partial charge in [-0.3, -0.25) is 0 Å². The monoisotopic (exact) mass is 410 g/mol. The molecule has 1 aromatic heterocycles. The first kappa shape index (κ1) is 20.8. The van der Waals surface area contributed by atoms with Gasteiger partial charge in [-0.15, -0.1) is 11.8 Å². The summed E-state index contributed by atoms with van der Waals surface area (Å²) in [6.45, 7) is 5.06. The van der Waals surface area contributed by atoms with Crippen LogP contribution in [-0.4, -0.2) is 29.4 Å². The third-order valence-corrected chi connectivity index (χ3v) is 5.29. The van der Waals surface area contributed by atoms with E-state index in [2.05, 4.69) is 28.2 Å². The first-order chi connectivity index (χ1) is 14.1. The Morgan fingerprint density at radius 3 is 2.34 bits per heavy atom. The molecule has 0 spiro atoms. The summed E-state index contributed by atoms with van der Waals surface area (Å²) in [5.74, 6) is 2.15. The highest BCUT2D eigenvalue weighted by molar-refractivity contribution is 7.98. The van der Waals surface area contributed by atoms with Gasteiger partial charge in [-0.05, 0) is 37.3 Å². The van der Waals surface area contributed by atoms with E-state index in [9.17, 15) is 0 Å². The standard InChI is InChI=1S/C22H26N4O2S/c1-4-27-17-12-15(11-16-13-25-22(24)26-21(16)23)20(29-3)19(28-5-2)18(17)14-9-7-6-8-10-14/h6-10,12-13H,4-5,11H2,1-3H3,(H4,23,24,25,26). The molecule has 0 fully saturated rings. The molecule has 0 unspecified atom stereocenters. The Bertz CT molecular complexity index is 980. The fourth-order valence-corrected chi connectivity index (χ4v) is 3.97. The second-order valence-electron chi connectivity index (χ2n) is 6.32. The molecule has 0 aliphatic rings. The molecule has 152 valence electrons. The minimum absolute atomic E-state index is 0.167. The maximum atomic E-state index is 6.14. The average Bonchev–Trinajstić information content (AvgIpc) is 2.71. The predicted molar refractivity (Wildman–Crippen MR) is 120 cm³/mol. The van der Waals surface area contributed by atoms with E-state index in [1.54, 1.807) is 18.0 Å². The fourth-order valence-electron chi connectivity index (χ4n) is 3.23. The molecule has 0 atom stereocenters. The topological polar surface area (TPSA) is 96.3 Å². The Hall–Kier alpha value is -2.93. The predicted octanol–water partition coefficient (Wildman–Crippen LogP) is 4.42. The van der Waals surface area contributed by atoms with E-state index in [4.69, 9.17) is 20.9 Å². The summed E-state index contributed by atoms with van der Waals surface area (Å²) >= 11 is 1.64. The van der Waals surface area contributed by atoms with Gasteiger partial charge in [0, 0.05) is 18.2 Å². The summed E-state index contributed by atoms with van der Waals surface area (Å²) in [5.41, 5.74) is 15.6. The summed E-state index contributed by atoms with van der Waals surface area (Å²) in [7, 11) is 0. The molecule has 2 aromatic carbocycles. The van der Waals surface area contributed by atoms with E-state index in [1.807, 2.05) is 38.3 Å². The molecule has 4 N–H and O–H groups in total. The van der Waals surface area contributed by atoms with Crippen molar-refractivity contribution in [3.05, 3.63) is 53.7 Å². The van der Waals surface area contributed by atoms with E-state index in [0.29, 0.717) is 25.5 Å². The lowest BCUT2D eigenvalue weighted by molar-refractivity contribution is 0.319. The van der Waals surface area contributed by atoms with Gasteiger partial charge < -0.3 is 20.9 Å². The van der Waals surface area contributed by atoms with E-state index < -0.39 is 0 Å². The van der Waals surface area contributed by atoms with Gasteiger partial charge in [0.1, 0.15) is 17.3 Å². The molecule has 0 aliphatic carbocycles. The molecule has 0 radical (unpaired) electrons. The van der Waals surface area contributed by atoms with Crippen LogP contribution >= 0.6 is 11.8 Å². The highest BCUT2D eigenvalue weighted by Crippen LogP contribution is 2.47. The molecule has 0 saturated heterocycles. The van der Waals surface area contributed by atoms with Crippen molar-refractivity contribution in [1.82, 2.24) is 9.97 Å². The van der Waals surface area contributed by atoms with Crippen molar-refractivity contribution >= 4 is 23.5 Å². The van der Waals surface area contributed by atoms with Gasteiger partial charge in [0.05, 0.1) is 23.7 Å². The largest absolute Gasteiger partial charge is 0.493 e. The number of hydrogen-bond donors (Lipinski definition) is 2. The molecule has 0 amide bonds. The Morgan fingerprint density at radius 1 is 1.00 bits per heavy atom. The van der Waals surface area contributed by atoms with Gasteiger partial charge in [-0.1, -0.05) is 30.3 Å². The Kier molecular flexibility index (Phi) is 6.82. The maximum absolute atomic E-state index is 6.14. The normalized spacial score (nSPS) is 10.7. The first-order valence-corrected chi connectivity index (χ1v) is 10.7. The van der Waals surface area contributed by atoms with Crippen molar-refractivity contribution in [2.45, 2.75) is 25.2 Å². The number of benzene rings is 2. The summed E-state index contributed by atoms with van der Waals surface area (Å²) in [4.78, 5) is 9.22. The number of hydrogen-bond acceptors (Lipinski definition) is 7. The smallest absolute Gasteiger partial charge is 0.221 e. The maximum Gasteiger partial charge on any atom is 0.221 e. The molecule has 0 saturated carbocycles. The van der Waals surface area contributed by atoms with E-state index >= 15 is 0 Å². The summed E-state index contributed by atoms with van der Waals surface area (Å²) in [6.07, 6.45) is 4.27. The van der Waals surface area contributed by atoms with Crippen LogP contribution in [0.1, 0.15) is 25.0 Å². The highest BCUT2D eigenvalue weighted by atomic mass is 32.2. The molecule has 6 nitrogen and oxygen atoms in total. The summed E-state index contributed by atoms with van der Waals surface area (Å²) in [6, 6.07) is 12.2. The molecule has 29 heavy (non-hydrogen) atoms. The highest BCUT2D eigenvalue weighted by Gasteiger charge is 2.22. The Morgan fingerprint density at radius 2 is 1.72 bits per heavy atom. The van der Waals surface area contributed by atoms with Crippen molar-refractivity contribution in [1.29, 1.82) is 0 Å². The molecule has 1 heterocycles. The van der Waals surface area contributed by atoms with Crippen LogP contribution in [-0.2, 0) is 6.42 Å². The van der Waals surface area contributed by atoms with Crippen LogP contribution in [0, 0.1) is 0 Å². The Balaban J connectivity index is 2.21. The van der Waals surface area contributed by atoms with Crippen molar-refractivity contribution in [2.75, 3.05) is 30.9 Å². The van der Waals surface area contributed by atoms with Crippen LogP contribution in [0.25, 0.3) is 11.1 Å². The van der Waals surface area contributed by atoms with Gasteiger partial charge in [0.15, 0.2) is 0 Å². The number of rotatable bonds is 8. The van der Waals surface area contributed by atoms with E-state index in [-0.39, 0.29) is 5.95 Å². The zero-order valence-corrected chi connectivity index (χ0v) is 17.8. The number of nitrogens with zero attached hydrogens (tertiary/aromatic N) is 2. The van der Waals surface area contributed by atoms with Crippen molar-refractivity contribution in [2.24, 2.45) is 0 Å². The third kappa shape index (κ3) is 4.56. The zero-order valence-electron chi connectivity index (χ0n) is 16.9. The molecule has 0 bridgehead atoms. The van der Waals surface area contributed by atoms with Crippen LogP contribution < -0.4 is 20.9 Å². The van der Waals surface area contributed by atoms with Crippen LogP contribution in [0.4, 0.5) is 11.8 Å². The van der Waals surface area contributed by atoms with Crippen LogP contribution in [0.3, 0.4) is 0 Å². The lowest BCUT2D eigenvalue weighted by Gasteiger charge is -2.21. The van der Waals surface area contributed by atoms with Gasteiger partial charge in [0.2, 0.25) is 5.95 Å². The number of nitrogen functional groups attached to an aromatic ring is 2. The molecule has 3 rings (SSSR count). The number of ether oxygens (including phenoxy) is 2. The minimum atomic E-state index is 0.167. The Labute approximate surface area is 175 Å². The zero-order chi connectivity index (χ0) is 20.8. The van der Waals surface area contributed by atoms with Gasteiger partial charge in [-0.25, -0.2) is 4.98 Å². The summed E-state index contributed by atoms with van der Waals surface area (Å²) in [5, 5.41) is 0. The molecular weight excluding hydrogens is 384 g/mol. The average molecular weight is 411 g/mol. The number of aromatic nitrogens is 2. The third-order valence-electron chi connectivity index (χ3n) is 4.43. The quantitative estimate of drug-likeness (QED) is 0.531. The number of anilines is 2. The van der Waals surface area contributed by atoms with Crippen LogP contribution in [0.15, 0.2) is 47.5 Å². The second kappa shape index (κ2) is 9.52. The van der Waals surface area contributed by atoms with Gasteiger partial charge in [0.25, 0.3) is 0 Å². The fraction of sp³-hybridized carbons (Fsp3) is 0.273. The molecule has 0 aliphatic heterocycles. The summed E-state index contributed by atoms with van der Waals surface area (Å²) < 4.78 is 12.2. The molecule has 3 aromatic rings. The first-order valence-electron chi connectivity index (χ1n) is 9.50. The van der Waals surface area contributed by atoms with Crippen molar-refractivity contribution in [3.63, 3.8) is 0 Å². The van der Waals surface area contributed by atoms with Gasteiger partial charge in [-0.2, -0.15) is 4.98 Å². The SMILES string of the molecule is CCOc1cc(Cc2cnc(N)nc2N)c(SC)c(OCC)c1-c1ccccc1. The number of nitrogens with two attached hydrogens (primary N) is 2. The van der Waals surface area contributed by atoms with Crippen molar-refractivity contribution < 1.29 is 9.47 Å². The lowest BCUT2D eigenvalue weighted by atomic mass is 9.98. The molecular formula is C22H26N4O2S. The second-order valence-corrected chi connectivity index (χ2v) is 7.14. The van der Waals surface area contributed by atoms with Crippen molar-refractivity contribution in [3.8, 4) is 22.6 Å². The lowest BCUT2D eigenvalue weighted by Crippen LogP contribution is -2.07. The number of thioether (sulfide) groups is 1. The van der Waals surface area contributed by atoms with Crippen LogP contribution in [0.5, 0.6) is 11.5 Å². The van der Waals surface area contributed by atoms with E-state index in [1.165, 1.54) is 0 Å². The van der Waals surface area contributed by atoms with E-state index in [0.717, 1.165) is 38.6 Å². The molecule has 7 heteroatoms. The van der Waals surface area contributed by atoms with Gasteiger partial charge >= 0.3 is 0 Å². The van der Waals surface area contributed by atoms with Crippen LogP contribution in [0.2, 0.25) is 0 Å². The minimum Gasteiger partial charge on any atom is -0.493 e.